The van der Waals surface area contributed by atoms with E-state index in [0.717, 1.165) is 9.79 Å². The lowest BCUT2D eigenvalue weighted by atomic mass is 9.12. The van der Waals surface area contributed by atoms with Crippen molar-refractivity contribution in [2.45, 2.75) is 64.1 Å². The van der Waals surface area contributed by atoms with Crippen molar-refractivity contribution in [3.63, 3.8) is 0 Å². The molecule has 7 aromatic carbocycles. The van der Waals surface area contributed by atoms with Gasteiger partial charge >= 0.3 is 49.4 Å². The molecular formula is C50H27BF24O2S. The van der Waals surface area contributed by atoms with Crippen molar-refractivity contribution in [3.8, 4) is 11.5 Å². The zero-order valence-corrected chi connectivity index (χ0v) is 38.7. The third-order valence-electron chi connectivity index (χ3n) is 11.6. The van der Waals surface area contributed by atoms with E-state index in [1.807, 2.05) is 42.5 Å². The van der Waals surface area contributed by atoms with Crippen molar-refractivity contribution < 1.29 is 116 Å². The topological polar surface area (TPSA) is 40.5 Å². The number of halogens is 24. The van der Waals surface area contributed by atoms with Crippen molar-refractivity contribution in [1.82, 2.24) is 0 Å². The largest absolute Gasteiger partial charge is 0.508 e. The zero-order valence-electron chi connectivity index (χ0n) is 37.9. The monoisotopic (exact) mass is 1160 g/mol. The van der Waals surface area contributed by atoms with Crippen LogP contribution in [0.25, 0.3) is 0 Å². The van der Waals surface area contributed by atoms with Gasteiger partial charge in [-0.2, -0.15) is 127 Å². The molecule has 0 spiro atoms. The normalized spacial score (nSPS) is 13.3. The average molecular weight is 1160 g/mol. The minimum Gasteiger partial charge on any atom is -0.508 e. The number of hydrogen-bond donors (Lipinski definition) is 2. The van der Waals surface area contributed by atoms with E-state index in [2.05, 4.69) is 12.1 Å². The summed E-state index contributed by atoms with van der Waals surface area (Å²) in [5, 5.41) is 19.0. The van der Waals surface area contributed by atoms with E-state index in [0.29, 0.717) is 0 Å². The van der Waals surface area contributed by atoms with Gasteiger partial charge in [0, 0.05) is 0 Å². The first-order valence-corrected chi connectivity index (χ1v) is 22.5. The lowest BCUT2D eigenvalue weighted by Crippen LogP contribution is -2.75. The van der Waals surface area contributed by atoms with Gasteiger partial charge in [0.15, 0.2) is 14.7 Å². The van der Waals surface area contributed by atoms with Crippen LogP contribution in [0, 0.1) is 0 Å². The van der Waals surface area contributed by atoms with Crippen molar-refractivity contribution in [3.05, 3.63) is 196 Å². The second kappa shape index (κ2) is 20.9. The summed E-state index contributed by atoms with van der Waals surface area (Å²) in [6, 6.07) is 16.0. The summed E-state index contributed by atoms with van der Waals surface area (Å²) in [5.74, 6) is 0.530. The molecule has 0 fully saturated rings. The molecule has 0 aromatic heterocycles. The Morgan fingerprint density at radius 2 is 0.423 bits per heavy atom. The Kier molecular flexibility index (Phi) is 16.1. The number of phenols is 2. The Bertz CT molecular complexity index is 2760. The minimum absolute atomic E-state index is 0.253. The minimum atomic E-state index is -6.13. The number of hydrogen-bond acceptors (Lipinski definition) is 2. The Hall–Kier alpha value is -7.13. The molecule has 7 aromatic rings. The number of rotatable bonds is 7. The summed E-state index contributed by atoms with van der Waals surface area (Å²) in [6.45, 7) is 0. The first-order valence-electron chi connectivity index (χ1n) is 21.2. The molecule has 7 rings (SSSR count). The molecule has 78 heavy (non-hydrogen) atoms. The second-order valence-electron chi connectivity index (χ2n) is 16.8. The number of alkyl halides is 24. The highest BCUT2D eigenvalue weighted by molar-refractivity contribution is 7.97. The SMILES string of the molecule is FC(F)(F)c1cc([B-](c2cc(C(F)(F)F)cc(C(F)(F)F)c2)(c2cc(C(F)(F)F)cc(C(F)(F)F)c2)c2cc(C(F)(F)F)cc(C(F)(F)F)c2)cc(C(F)(F)F)c1.Oc1ccc([S+](c2ccccc2)c2ccc(O)cc2)cc1. The molecule has 0 saturated heterocycles. The van der Waals surface area contributed by atoms with Crippen LogP contribution in [-0.4, -0.2) is 16.4 Å². The second-order valence-corrected chi connectivity index (χ2v) is 18.9. The fourth-order valence-corrected chi connectivity index (χ4v) is 10.3. The smallest absolute Gasteiger partial charge is 0.416 e. The average Bonchev–Trinajstić information content (AvgIpc) is 3.51. The van der Waals surface area contributed by atoms with Crippen LogP contribution in [-0.2, 0) is 60.3 Å². The maximum atomic E-state index is 14.2. The highest BCUT2D eigenvalue weighted by atomic mass is 32.2. The van der Waals surface area contributed by atoms with Crippen molar-refractivity contribution in [1.29, 1.82) is 0 Å². The van der Waals surface area contributed by atoms with Crippen LogP contribution in [0.3, 0.4) is 0 Å². The summed E-state index contributed by atoms with van der Waals surface area (Å²) in [5.41, 5.74) is -30.2. The van der Waals surface area contributed by atoms with Crippen molar-refractivity contribution in [2.75, 3.05) is 0 Å². The van der Waals surface area contributed by atoms with E-state index in [9.17, 15) is 116 Å². The van der Waals surface area contributed by atoms with Gasteiger partial charge in [0.05, 0.1) is 55.4 Å². The van der Waals surface area contributed by atoms with Crippen LogP contribution in [0.2, 0.25) is 0 Å². The molecule has 0 saturated carbocycles. The first-order chi connectivity index (χ1) is 35.5. The number of phenolic OH excluding ortho intramolecular Hbond substituents is 2. The number of aromatic hydroxyl groups is 2. The predicted molar refractivity (Wildman–Crippen MR) is 235 cm³/mol. The van der Waals surface area contributed by atoms with Gasteiger partial charge in [-0.25, -0.2) is 0 Å². The van der Waals surface area contributed by atoms with Crippen molar-refractivity contribution in [2.24, 2.45) is 0 Å². The summed E-state index contributed by atoms with van der Waals surface area (Å²) in [4.78, 5) is 3.46. The van der Waals surface area contributed by atoms with Crippen molar-refractivity contribution >= 4 is 38.9 Å². The van der Waals surface area contributed by atoms with Gasteiger partial charge in [-0.05, 0) is 84.9 Å². The molecule has 0 heterocycles. The molecular weight excluding hydrogens is 1130 g/mol. The molecule has 0 aliphatic carbocycles. The third-order valence-corrected chi connectivity index (χ3v) is 13.8. The van der Waals surface area contributed by atoms with Crippen LogP contribution >= 0.6 is 0 Å². The van der Waals surface area contributed by atoms with Gasteiger partial charge in [-0.1, -0.05) is 66.7 Å². The molecule has 416 valence electrons. The maximum Gasteiger partial charge on any atom is 0.416 e. The van der Waals surface area contributed by atoms with Gasteiger partial charge in [0.1, 0.15) is 17.6 Å². The lowest BCUT2D eigenvalue weighted by molar-refractivity contribution is -0.144. The fraction of sp³-hybridized carbons (Fsp3) is 0.160. The maximum absolute atomic E-state index is 14.2. The van der Waals surface area contributed by atoms with Crippen LogP contribution < -0.4 is 21.9 Å². The molecule has 0 amide bonds. The summed E-state index contributed by atoms with van der Waals surface area (Å²) >= 11 is 0. The molecule has 0 bridgehead atoms. The van der Waals surface area contributed by atoms with E-state index in [4.69, 9.17) is 0 Å². The number of benzene rings is 7. The summed E-state index contributed by atoms with van der Waals surface area (Å²) in [6.07, 6.45) is -54.8. The van der Waals surface area contributed by atoms with Crippen LogP contribution in [0.15, 0.2) is 166 Å². The zero-order chi connectivity index (χ0) is 58.6. The molecule has 0 aliphatic rings. The van der Waals surface area contributed by atoms with Crippen LogP contribution in [0.1, 0.15) is 44.5 Å². The Balaban J connectivity index is 0.000000387. The molecule has 28 heteroatoms. The molecule has 2 nitrogen and oxygen atoms in total. The third kappa shape index (κ3) is 13.6. The van der Waals surface area contributed by atoms with E-state index in [1.165, 1.54) is 4.90 Å². The Morgan fingerprint density at radius 1 is 0.244 bits per heavy atom. The quantitative estimate of drug-likeness (QED) is 0.0949. The van der Waals surface area contributed by atoms with Gasteiger partial charge in [-0.3, -0.25) is 0 Å². The van der Waals surface area contributed by atoms with Gasteiger partial charge < -0.3 is 10.2 Å². The summed E-state index contributed by atoms with van der Waals surface area (Å²) in [7, 11) is -0.253. The molecule has 0 atom stereocenters. The predicted octanol–water partition coefficient (Wildman–Crippen LogP) is 15.4. The first kappa shape index (κ1) is 60.1. The van der Waals surface area contributed by atoms with Crippen LogP contribution in [0.4, 0.5) is 105 Å². The highest BCUT2D eigenvalue weighted by Crippen LogP contribution is 2.42. The molecule has 0 radical (unpaired) electrons. The lowest BCUT2D eigenvalue weighted by Gasteiger charge is -2.46. The van der Waals surface area contributed by atoms with E-state index < -0.39 is 195 Å². The Morgan fingerprint density at radius 3 is 0.603 bits per heavy atom. The van der Waals surface area contributed by atoms with Gasteiger partial charge in [-0.15, -0.1) is 0 Å². The molecule has 2 N–H and O–H groups in total. The van der Waals surface area contributed by atoms with Gasteiger partial charge in [0.2, 0.25) is 0 Å². The highest BCUT2D eigenvalue weighted by Gasteiger charge is 2.47. The molecule has 0 unspecified atom stereocenters. The molecule has 0 aliphatic heterocycles. The summed E-state index contributed by atoms with van der Waals surface area (Å²) < 4.78 is 341. The van der Waals surface area contributed by atoms with E-state index >= 15 is 0 Å². The Labute approximate surface area is 425 Å². The van der Waals surface area contributed by atoms with E-state index in [-0.39, 0.29) is 22.4 Å². The van der Waals surface area contributed by atoms with Gasteiger partial charge in [0.25, 0.3) is 0 Å². The standard InChI is InChI=1S/C32H12BF24.C18H14O2S/c34-25(35,36)13-1-14(26(37,38)39)6-21(5-13)33(22-7-15(27(40,41)42)2-16(8-22)28(43,44)45,23-9-17(29(46,47)48)3-18(10-23)30(49,50)51)24-11-19(31(52,53)54)4-20(12-24)32(55,56)57;19-14-6-10-17(11-7-14)21(16-4-2-1-3-5-16)18-12-8-15(20)9-13-18/h1-12H;1-13H,(H-,19,20)/q-1;/p+1. The van der Waals surface area contributed by atoms with Crippen LogP contribution in [0.5, 0.6) is 11.5 Å². The fourth-order valence-electron chi connectivity index (χ4n) is 8.20. The van der Waals surface area contributed by atoms with E-state index in [1.54, 1.807) is 24.3 Å².